The Kier molecular flexibility index (Phi) is 4.69. The fourth-order valence-corrected chi connectivity index (χ4v) is 2.86. The van der Waals surface area contributed by atoms with Crippen molar-refractivity contribution in [3.63, 3.8) is 0 Å². The normalized spacial score (nSPS) is 11.1. The lowest BCUT2D eigenvalue weighted by Gasteiger charge is -2.01. The average molecular weight is 280 g/mol. The zero-order valence-electron chi connectivity index (χ0n) is 9.54. The first-order valence-corrected chi connectivity index (χ1v) is 7.09. The summed E-state index contributed by atoms with van der Waals surface area (Å²) in [6.45, 7) is 1.10. The minimum absolute atomic E-state index is 0.509. The SMILES string of the molecule is O=C(O)C=Cc1ccsc1COCc1cccs1. The molecule has 2 rings (SSSR count). The van der Waals surface area contributed by atoms with Crippen molar-refractivity contribution >= 4 is 34.7 Å². The average Bonchev–Trinajstić information content (AvgIpc) is 2.97. The van der Waals surface area contributed by atoms with Gasteiger partial charge in [-0.1, -0.05) is 6.07 Å². The second kappa shape index (κ2) is 6.49. The highest BCUT2D eigenvalue weighted by atomic mass is 32.1. The second-order valence-electron chi connectivity index (χ2n) is 3.54. The van der Waals surface area contributed by atoms with Crippen molar-refractivity contribution in [2.45, 2.75) is 13.2 Å². The summed E-state index contributed by atoms with van der Waals surface area (Å²) in [6.07, 6.45) is 2.74. The van der Waals surface area contributed by atoms with E-state index >= 15 is 0 Å². The molecule has 0 spiro atoms. The lowest BCUT2D eigenvalue weighted by molar-refractivity contribution is -0.131. The summed E-state index contributed by atoms with van der Waals surface area (Å²) in [7, 11) is 0. The molecule has 0 radical (unpaired) electrons. The van der Waals surface area contributed by atoms with Crippen LogP contribution in [0.5, 0.6) is 0 Å². The molecule has 0 saturated carbocycles. The van der Waals surface area contributed by atoms with E-state index in [-0.39, 0.29) is 0 Å². The highest BCUT2D eigenvalue weighted by molar-refractivity contribution is 7.10. The van der Waals surface area contributed by atoms with Gasteiger partial charge in [0.15, 0.2) is 0 Å². The number of rotatable bonds is 6. The molecule has 94 valence electrons. The van der Waals surface area contributed by atoms with Crippen molar-refractivity contribution in [1.82, 2.24) is 0 Å². The molecule has 1 N–H and O–H groups in total. The predicted octanol–water partition coefficient (Wildman–Crippen LogP) is 3.62. The van der Waals surface area contributed by atoms with E-state index in [1.807, 2.05) is 29.0 Å². The minimum Gasteiger partial charge on any atom is -0.478 e. The highest BCUT2D eigenvalue weighted by Gasteiger charge is 2.03. The number of aliphatic carboxylic acids is 1. The van der Waals surface area contributed by atoms with Crippen molar-refractivity contribution in [2.75, 3.05) is 0 Å². The summed E-state index contributed by atoms with van der Waals surface area (Å²) in [5, 5.41) is 12.5. The fourth-order valence-electron chi connectivity index (χ4n) is 1.42. The molecule has 18 heavy (non-hydrogen) atoms. The number of carboxylic acids is 1. The molecular weight excluding hydrogens is 268 g/mol. The molecule has 0 saturated heterocycles. The predicted molar refractivity (Wildman–Crippen MR) is 73.8 cm³/mol. The highest BCUT2D eigenvalue weighted by Crippen LogP contribution is 2.20. The molecule has 2 aromatic heterocycles. The summed E-state index contributed by atoms with van der Waals surface area (Å²) in [5.41, 5.74) is 0.911. The maximum absolute atomic E-state index is 10.5. The van der Waals surface area contributed by atoms with Crippen LogP contribution in [0.3, 0.4) is 0 Å². The molecule has 0 atom stereocenters. The number of ether oxygens (including phenoxy) is 1. The van der Waals surface area contributed by atoms with Crippen LogP contribution in [0.2, 0.25) is 0 Å². The molecule has 0 aliphatic heterocycles. The first kappa shape index (κ1) is 13.0. The van der Waals surface area contributed by atoms with Crippen molar-refractivity contribution in [3.8, 4) is 0 Å². The zero-order chi connectivity index (χ0) is 12.8. The van der Waals surface area contributed by atoms with Gasteiger partial charge in [-0.2, -0.15) is 0 Å². The quantitative estimate of drug-likeness (QED) is 0.822. The molecule has 0 aliphatic rings. The van der Waals surface area contributed by atoms with Crippen molar-refractivity contribution in [2.24, 2.45) is 0 Å². The Morgan fingerprint density at radius 3 is 2.89 bits per heavy atom. The van der Waals surface area contributed by atoms with Crippen molar-refractivity contribution in [1.29, 1.82) is 0 Å². The Morgan fingerprint density at radius 2 is 2.17 bits per heavy atom. The van der Waals surface area contributed by atoms with E-state index < -0.39 is 5.97 Å². The molecule has 2 heterocycles. The van der Waals surface area contributed by atoms with Gasteiger partial charge in [0, 0.05) is 15.8 Å². The van der Waals surface area contributed by atoms with Gasteiger partial charge in [-0.25, -0.2) is 4.79 Å². The van der Waals surface area contributed by atoms with Crippen LogP contribution in [0, 0.1) is 0 Å². The van der Waals surface area contributed by atoms with Crippen LogP contribution in [0.4, 0.5) is 0 Å². The minimum atomic E-state index is -0.938. The third-order valence-electron chi connectivity index (χ3n) is 2.24. The van der Waals surface area contributed by atoms with Crippen molar-refractivity contribution < 1.29 is 14.6 Å². The van der Waals surface area contributed by atoms with Crippen LogP contribution in [-0.4, -0.2) is 11.1 Å². The Bertz CT molecular complexity index is 526. The van der Waals surface area contributed by atoms with Gasteiger partial charge in [-0.05, 0) is 34.5 Å². The van der Waals surface area contributed by atoms with Gasteiger partial charge in [0.25, 0.3) is 0 Å². The summed E-state index contributed by atoms with van der Waals surface area (Å²) < 4.78 is 5.61. The van der Waals surface area contributed by atoms with E-state index in [1.165, 1.54) is 4.88 Å². The molecule has 0 bridgehead atoms. The second-order valence-corrected chi connectivity index (χ2v) is 5.58. The summed E-state index contributed by atoms with van der Waals surface area (Å²) in [4.78, 5) is 12.7. The maximum atomic E-state index is 10.5. The zero-order valence-corrected chi connectivity index (χ0v) is 11.2. The van der Waals surface area contributed by atoms with Gasteiger partial charge in [0.05, 0.1) is 13.2 Å². The topological polar surface area (TPSA) is 46.5 Å². The van der Waals surface area contributed by atoms with E-state index in [9.17, 15) is 4.79 Å². The van der Waals surface area contributed by atoms with Gasteiger partial charge < -0.3 is 9.84 Å². The van der Waals surface area contributed by atoms with Gasteiger partial charge >= 0.3 is 5.97 Å². The van der Waals surface area contributed by atoms with E-state index in [2.05, 4.69) is 0 Å². The van der Waals surface area contributed by atoms with Gasteiger partial charge in [-0.15, -0.1) is 22.7 Å². The van der Waals surface area contributed by atoms with E-state index in [4.69, 9.17) is 9.84 Å². The van der Waals surface area contributed by atoms with Gasteiger partial charge in [0.1, 0.15) is 0 Å². The standard InChI is InChI=1S/C13H12O3S2/c14-13(15)4-3-10-5-7-18-12(10)9-16-8-11-2-1-6-17-11/h1-7H,8-9H2,(H,14,15). The first-order chi connectivity index (χ1) is 8.75. The van der Waals surface area contributed by atoms with Crippen LogP contribution in [0.1, 0.15) is 15.3 Å². The number of carboxylic acid groups (broad SMARTS) is 1. The molecule has 0 aliphatic carbocycles. The molecule has 0 amide bonds. The molecule has 0 aromatic carbocycles. The Morgan fingerprint density at radius 1 is 1.28 bits per heavy atom. The fraction of sp³-hybridized carbons (Fsp3) is 0.154. The largest absolute Gasteiger partial charge is 0.478 e. The maximum Gasteiger partial charge on any atom is 0.328 e. The Hall–Kier alpha value is -1.43. The van der Waals surface area contributed by atoms with E-state index in [0.29, 0.717) is 13.2 Å². The van der Waals surface area contributed by atoms with Gasteiger partial charge in [0.2, 0.25) is 0 Å². The van der Waals surface area contributed by atoms with E-state index in [1.54, 1.807) is 28.7 Å². The Labute approximate surface area is 113 Å². The molecular formula is C13H12O3S2. The summed E-state index contributed by atoms with van der Waals surface area (Å²) in [5.74, 6) is -0.938. The van der Waals surface area contributed by atoms with Crippen LogP contribution in [0.15, 0.2) is 35.0 Å². The number of hydrogen-bond donors (Lipinski definition) is 1. The van der Waals surface area contributed by atoms with Crippen LogP contribution < -0.4 is 0 Å². The third kappa shape index (κ3) is 3.80. The number of thiophene rings is 2. The smallest absolute Gasteiger partial charge is 0.328 e. The summed E-state index contributed by atoms with van der Waals surface area (Å²) >= 11 is 3.24. The number of hydrogen-bond acceptors (Lipinski definition) is 4. The van der Waals surface area contributed by atoms with Gasteiger partial charge in [-0.3, -0.25) is 0 Å². The lowest BCUT2D eigenvalue weighted by Crippen LogP contribution is -1.92. The van der Waals surface area contributed by atoms with Crippen molar-refractivity contribution in [3.05, 3.63) is 50.4 Å². The third-order valence-corrected chi connectivity index (χ3v) is 4.00. The number of carbonyl (C=O) groups is 1. The monoisotopic (exact) mass is 280 g/mol. The Balaban J connectivity index is 1.89. The molecule has 5 heteroatoms. The van der Waals surface area contributed by atoms with Crippen LogP contribution in [0.25, 0.3) is 6.08 Å². The first-order valence-electron chi connectivity index (χ1n) is 5.33. The summed E-state index contributed by atoms with van der Waals surface area (Å²) in [6, 6.07) is 5.92. The van der Waals surface area contributed by atoms with Crippen LogP contribution >= 0.6 is 22.7 Å². The lowest BCUT2D eigenvalue weighted by atomic mass is 10.2. The molecule has 3 nitrogen and oxygen atoms in total. The van der Waals surface area contributed by atoms with E-state index in [0.717, 1.165) is 16.5 Å². The molecule has 0 fully saturated rings. The molecule has 2 aromatic rings. The molecule has 0 unspecified atom stereocenters. The van der Waals surface area contributed by atoms with Crippen LogP contribution in [-0.2, 0) is 22.7 Å².